The Balaban J connectivity index is 2.06. The lowest BCUT2D eigenvalue weighted by atomic mass is 10.1. The van der Waals surface area contributed by atoms with Crippen LogP contribution < -0.4 is 21.1 Å². The maximum atomic E-state index is 10.9. The molecule has 0 spiro atoms. The summed E-state index contributed by atoms with van der Waals surface area (Å²) in [5.41, 5.74) is 6.57. The lowest BCUT2D eigenvalue weighted by Gasteiger charge is -2.09. The van der Waals surface area contributed by atoms with Crippen LogP contribution in [0.15, 0.2) is 24.3 Å². The lowest BCUT2D eigenvalue weighted by molar-refractivity contribution is 0.0697. The van der Waals surface area contributed by atoms with E-state index < -0.39 is 5.97 Å². The van der Waals surface area contributed by atoms with Gasteiger partial charge in [-0.3, -0.25) is 0 Å². The number of carboxylic acids is 1. The fourth-order valence-electron chi connectivity index (χ4n) is 2.19. The summed E-state index contributed by atoms with van der Waals surface area (Å²) in [7, 11) is 0. The van der Waals surface area contributed by atoms with E-state index in [4.69, 9.17) is 15.6 Å². The second kappa shape index (κ2) is 10.3. The van der Waals surface area contributed by atoms with Crippen molar-refractivity contribution in [1.29, 1.82) is 0 Å². The lowest BCUT2D eigenvalue weighted by Crippen LogP contribution is -2.27. The van der Waals surface area contributed by atoms with Gasteiger partial charge in [-0.05, 0) is 24.6 Å². The predicted octanol–water partition coefficient (Wildman–Crippen LogP) is 0.520. The summed E-state index contributed by atoms with van der Waals surface area (Å²) in [6, 6.07) is 6.88. The number of aromatic nitrogens is 3. The van der Waals surface area contributed by atoms with Crippen molar-refractivity contribution < 1.29 is 14.6 Å². The molecule has 0 aliphatic heterocycles. The largest absolute Gasteiger partial charge is 0.478 e. The molecule has 0 unspecified atom stereocenters. The van der Waals surface area contributed by atoms with Crippen LogP contribution in [-0.2, 0) is 6.42 Å². The van der Waals surface area contributed by atoms with Crippen LogP contribution in [0.5, 0.6) is 6.01 Å². The summed E-state index contributed by atoms with van der Waals surface area (Å²) < 4.78 is 5.41. The number of ether oxygens (including phenoxy) is 1. The standard InChI is InChI=1S/C17H24N6O3/c1-2-26-17-22-14(11-12-3-5-13(6-4-12)15(24)25)21-16(23-17)20-10-9-19-8-7-18/h3-6,19H,2,7-11,18H2,1H3,(H,24,25)(H,20,21,22,23). The van der Waals surface area contributed by atoms with Gasteiger partial charge in [0.15, 0.2) is 0 Å². The average molecular weight is 360 g/mol. The monoisotopic (exact) mass is 360 g/mol. The van der Waals surface area contributed by atoms with Crippen molar-refractivity contribution >= 4 is 11.9 Å². The molecule has 0 fully saturated rings. The minimum atomic E-state index is -0.954. The Labute approximate surface area is 152 Å². The van der Waals surface area contributed by atoms with Gasteiger partial charge in [-0.15, -0.1) is 0 Å². The van der Waals surface area contributed by atoms with Gasteiger partial charge in [-0.1, -0.05) is 12.1 Å². The third-order valence-corrected chi connectivity index (χ3v) is 3.40. The molecule has 1 heterocycles. The highest BCUT2D eigenvalue weighted by molar-refractivity contribution is 5.87. The second-order valence-corrected chi connectivity index (χ2v) is 5.44. The topological polar surface area (TPSA) is 135 Å². The quantitative estimate of drug-likeness (QED) is 0.423. The first kappa shape index (κ1) is 19.5. The third-order valence-electron chi connectivity index (χ3n) is 3.40. The van der Waals surface area contributed by atoms with E-state index in [0.717, 1.165) is 18.7 Å². The molecule has 140 valence electrons. The van der Waals surface area contributed by atoms with E-state index in [-0.39, 0.29) is 11.6 Å². The van der Waals surface area contributed by atoms with Crippen molar-refractivity contribution in [2.45, 2.75) is 13.3 Å². The molecule has 0 aliphatic carbocycles. The Morgan fingerprint density at radius 1 is 1.15 bits per heavy atom. The number of anilines is 1. The first-order chi connectivity index (χ1) is 12.6. The zero-order chi connectivity index (χ0) is 18.8. The molecule has 9 heteroatoms. The molecule has 0 radical (unpaired) electrons. The van der Waals surface area contributed by atoms with Crippen molar-refractivity contribution in [1.82, 2.24) is 20.3 Å². The van der Waals surface area contributed by atoms with Gasteiger partial charge in [0.25, 0.3) is 0 Å². The van der Waals surface area contributed by atoms with Crippen LogP contribution >= 0.6 is 0 Å². The molecule has 26 heavy (non-hydrogen) atoms. The maximum Gasteiger partial charge on any atom is 0.335 e. The molecule has 0 bridgehead atoms. The Kier molecular flexibility index (Phi) is 7.72. The second-order valence-electron chi connectivity index (χ2n) is 5.44. The molecule has 0 saturated carbocycles. The van der Waals surface area contributed by atoms with Crippen LogP contribution in [0, 0.1) is 0 Å². The van der Waals surface area contributed by atoms with Crippen LogP contribution in [0.2, 0.25) is 0 Å². The van der Waals surface area contributed by atoms with Crippen LogP contribution in [0.1, 0.15) is 28.7 Å². The minimum absolute atomic E-state index is 0.242. The van der Waals surface area contributed by atoms with Crippen molar-refractivity contribution in [3.05, 3.63) is 41.2 Å². The number of rotatable bonds is 11. The molecule has 2 aromatic rings. The van der Waals surface area contributed by atoms with E-state index in [1.165, 1.54) is 0 Å². The molecule has 0 aliphatic rings. The molecular weight excluding hydrogens is 336 g/mol. The third kappa shape index (κ3) is 6.26. The Hall–Kier alpha value is -2.78. The molecule has 9 nitrogen and oxygen atoms in total. The Bertz CT molecular complexity index is 708. The van der Waals surface area contributed by atoms with Crippen molar-refractivity contribution in [2.75, 3.05) is 38.1 Å². The molecule has 0 amide bonds. The number of nitrogens with zero attached hydrogens (tertiary/aromatic N) is 3. The van der Waals surface area contributed by atoms with Crippen molar-refractivity contribution in [3.8, 4) is 6.01 Å². The van der Waals surface area contributed by atoms with Gasteiger partial charge in [-0.25, -0.2) is 4.79 Å². The molecule has 0 atom stereocenters. The Morgan fingerprint density at radius 3 is 2.58 bits per heavy atom. The number of aromatic carboxylic acids is 1. The predicted molar refractivity (Wildman–Crippen MR) is 97.6 cm³/mol. The Morgan fingerprint density at radius 2 is 1.92 bits per heavy atom. The highest BCUT2D eigenvalue weighted by Gasteiger charge is 2.09. The first-order valence-electron chi connectivity index (χ1n) is 8.47. The van der Waals surface area contributed by atoms with E-state index in [0.29, 0.717) is 37.9 Å². The van der Waals surface area contributed by atoms with E-state index in [1.807, 2.05) is 6.92 Å². The number of benzene rings is 1. The molecule has 1 aromatic heterocycles. The number of hydrogen-bond donors (Lipinski definition) is 4. The summed E-state index contributed by atoms with van der Waals surface area (Å²) >= 11 is 0. The normalized spacial score (nSPS) is 10.5. The molecular formula is C17H24N6O3. The van der Waals surface area contributed by atoms with Gasteiger partial charge >= 0.3 is 12.0 Å². The molecule has 2 rings (SSSR count). The number of carboxylic acid groups (broad SMARTS) is 1. The molecule has 0 saturated heterocycles. The summed E-state index contributed by atoms with van der Waals surface area (Å²) in [5, 5.41) is 15.3. The maximum absolute atomic E-state index is 10.9. The zero-order valence-electron chi connectivity index (χ0n) is 14.7. The summed E-state index contributed by atoms with van der Waals surface area (Å²) in [6.45, 7) is 5.03. The van der Waals surface area contributed by atoms with E-state index in [1.54, 1.807) is 24.3 Å². The van der Waals surface area contributed by atoms with Gasteiger partial charge in [0, 0.05) is 32.6 Å². The summed E-state index contributed by atoms with van der Waals surface area (Å²) in [5.74, 6) is 0.0316. The van der Waals surface area contributed by atoms with Gasteiger partial charge in [0.1, 0.15) is 5.82 Å². The number of hydrogen-bond acceptors (Lipinski definition) is 8. The zero-order valence-corrected chi connectivity index (χ0v) is 14.7. The van der Waals surface area contributed by atoms with Crippen LogP contribution in [0.25, 0.3) is 0 Å². The highest BCUT2D eigenvalue weighted by Crippen LogP contribution is 2.13. The summed E-state index contributed by atoms with van der Waals surface area (Å²) in [4.78, 5) is 23.9. The van der Waals surface area contributed by atoms with E-state index >= 15 is 0 Å². The van der Waals surface area contributed by atoms with Crippen molar-refractivity contribution in [3.63, 3.8) is 0 Å². The van der Waals surface area contributed by atoms with Gasteiger partial charge < -0.3 is 26.2 Å². The first-order valence-corrected chi connectivity index (χ1v) is 8.47. The summed E-state index contributed by atoms with van der Waals surface area (Å²) in [6.07, 6.45) is 0.447. The SMILES string of the molecule is CCOc1nc(Cc2ccc(C(=O)O)cc2)nc(NCCNCCN)n1. The van der Waals surface area contributed by atoms with E-state index in [9.17, 15) is 4.79 Å². The van der Waals surface area contributed by atoms with Crippen LogP contribution in [0.3, 0.4) is 0 Å². The van der Waals surface area contributed by atoms with Gasteiger partial charge in [0.05, 0.1) is 12.2 Å². The van der Waals surface area contributed by atoms with Crippen LogP contribution in [-0.4, -0.2) is 58.8 Å². The van der Waals surface area contributed by atoms with Crippen molar-refractivity contribution in [2.24, 2.45) is 5.73 Å². The highest BCUT2D eigenvalue weighted by atomic mass is 16.5. The van der Waals surface area contributed by atoms with Gasteiger partial charge in [-0.2, -0.15) is 15.0 Å². The fraction of sp³-hybridized carbons (Fsp3) is 0.412. The molecule has 1 aromatic carbocycles. The smallest absolute Gasteiger partial charge is 0.335 e. The molecule has 5 N–H and O–H groups in total. The number of nitrogens with one attached hydrogen (secondary N) is 2. The van der Waals surface area contributed by atoms with Gasteiger partial charge in [0.2, 0.25) is 5.95 Å². The minimum Gasteiger partial charge on any atom is -0.478 e. The van der Waals surface area contributed by atoms with E-state index in [2.05, 4.69) is 25.6 Å². The number of nitrogens with two attached hydrogens (primary N) is 1. The average Bonchev–Trinajstić information content (AvgIpc) is 2.62. The van der Waals surface area contributed by atoms with Crippen LogP contribution in [0.4, 0.5) is 5.95 Å². The fourth-order valence-corrected chi connectivity index (χ4v) is 2.19. The number of carbonyl (C=O) groups is 1.